The Morgan fingerprint density at radius 1 is 0.935 bits per heavy atom. The maximum absolute atomic E-state index is 12.6. The first kappa shape index (κ1) is 22.6. The topological polar surface area (TPSA) is 60.5 Å². The highest BCUT2D eigenvalue weighted by molar-refractivity contribution is 5.39. The van der Waals surface area contributed by atoms with Crippen LogP contribution in [-0.4, -0.2) is 22.2 Å². The standard InChI is InChI=1S/C26H33N3O2/c1-3-17-28(24(4-2)18-21-13-15-23(27)16-14-21)19-25-11-8-12-26(30)29(25)31-20-22-9-6-5-7-10-22/h5-16,24H,3-4,17-20,27H2,1-2H3. The highest BCUT2D eigenvalue weighted by Crippen LogP contribution is 2.17. The van der Waals surface area contributed by atoms with E-state index >= 15 is 0 Å². The molecule has 0 aliphatic rings. The van der Waals surface area contributed by atoms with Crippen molar-refractivity contribution < 1.29 is 4.84 Å². The summed E-state index contributed by atoms with van der Waals surface area (Å²) in [6.45, 7) is 6.37. The van der Waals surface area contributed by atoms with E-state index in [1.54, 1.807) is 6.07 Å². The Morgan fingerprint density at radius 3 is 2.35 bits per heavy atom. The fourth-order valence-corrected chi connectivity index (χ4v) is 3.84. The SMILES string of the molecule is CCCN(Cc1cccc(=O)n1OCc1ccccc1)C(CC)Cc1ccc(N)cc1. The molecule has 31 heavy (non-hydrogen) atoms. The molecule has 0 spiro atoms. The molecule has 0 fully saturated rings. The molecule has 5 nitrogen and oxygen atoms in total. The number of nitrogens with zero attached hydrogens (tertiary/aromatic N) is 2. The van der Waals surface area contributed by atoms with Gasteiger partial charge in [-0.3, -0.25) is 9.69 Å². The third-order valence-corrected chi connectivity index (χ3v) is 5.51. The number of hydrogen-bond acceptors (Lipinski definition) is 4. The summed E-state index contributed by atoms with van der Waals surface area (Å²) in [5, 5.41) is 0. The molecule has 3 aromatic rings. The molecule has 0 saturated heterocycles. The third-order valence-electron chi connectivity index (χ3n) is 5.51. The van der Waals surface area contributed by atoms with E-state index in [4.69, 9.17) is 10.6 Å². The van der Waals surface area contributed by atoms with Gasteiger partial charge in [-0.05, 0) is 55.1 Å². The van der Waals surface area contributed by atoms with Gasteiger partial charge >= 0.3 is 0 Å². The summed E-state index contributed by atoms with van der Waals surface area (Å²) in [5.74, 6) is 0. The Hall–Kier alpha value is -3.05. The van der Waals surface area contributed by atoms with Gasteiger partial charge in [-0.15, -0.1) is 4.73 Å². The Morgan fingerprint density at radius 2 is 1.68 bits per heavy atom. The van der Waals surface area contributed by atoms with Crippen LogP contribution >= 0.6 is 0 Å². The average Bonchev–Trinajstić information content (AvgIpc) is 2.79. The lowest BCUT2D eigenvalue weighted by Gasteiger charge is -2.31. The molecule has 2 aromatic carbocycles. The molecule has 0 bridgehead atoms. The monoisotopic (exact) mass is 419 g/mol. The fraction of sp³-hybridized carbons (Fsp3) is 0.346. The minimum absolute atomic E-state index is 0.142. The van der Waals surface area contributed by atoms with Crippen LogP contribution in [0, 0.1) is 0 Å². The van der Waals surface area contributed by atoms with E-state index in [1.807, 2.05) is 54.6 Å². The quantitative estimate of drug-likeness (QED) is 0.471. The second-order valence-corrected chi connectivity index (χ2v) is 7.89. The lowest BCUT2D eigenvalue weighted by molar-refractivity contribution is 0.0713. The molecule has 5 heteroatoms. The van der Waals surface area contributed by atoms with Crippen LogP contribution in [0.5, 0.6) is 0 Å². The van der Waals surface area contributed by atoms with Gasteiger partial charge in [0.1, 0.15) is 6.61 Å². The first-order valence-electron chi connectivity index (χ1n) is 11.1. The van der Waals surface area contributed by atoms with Gasteiger partial charge in [0.05, 0.1) is 5.69 Å². The molecule has 0 saturated carbocycles. The molecule has 3 rings (SSSR count). The van der Waals surface area contributed by atoms with Crippen LogP contribution in [-0.2, 0) is 19.6 Å². The normalized spacial score (nSPS) is 12.1. The maximum atomic E-state index is 12.6. The van der Waals surface area contributed by atoms with Crippen LogP contribution in [0.15, 0.2) is 77.6 Å². The number of nitrogens with two attached hydrogens (primary N) is 1. The van der Waals surface area contributed by atoms with E-state index in [9.17, 15) is 4.79 Å². The Kier molecular flexibility index (Phi) is 8.30. The minimum Gasteiger partial charge on any atom is -0.406 e. The van der Waals surface area contributed by atoms with Gasteiger partial charge in [0, 0.05) is 24.3 Å². The highest BCUT2D eigenvalue weighted by atomic mass is 16.7. The minimum atomic E-state index is -0.142. The number of pyridine rings is 1. The van der Waals surface area contributed by atoms with Crippen molar-refractivity contribution in [2.45, 2.75) is 52.3 Å². The van der Waals surface area contributed by atoms with Crippen molar-refractivity contribution in [3.63, 3.8) is 0 Å². The number of nitrogen functional groups attached to an aromatic ring is 1. The van der Waals surface area contributed by atoms with Crippen LogP contribution in [0.4, 0.5) is 5.69 Å². The summed E-state index contributed by atoms with van der Waals surface area (Å²) < 4.78 is 1.45. The number of rotatable bonds is 11. The van der Waals surface area contributed by atoms with E-state index in [0.717, 1.165) is 42.8 Å². The number of hydrogen-bond donors (Lipinski definition) is 1. The van der Waals surface area contributed by atoms with Gasteiger partial charge in [0.15, 0.2) is 0 Å². The summed E-state index contributed by atoms with van der Waals surface area (Å²) in [7, 11) is 0. The average molecular weight is 420 g/mol. The molecule has 0 aliphatic carbocycles. The first-order chi connectivity index (χ1) is 15.1. The zero-order chi connectivity index (χ0) is 22.1. The van der Waals surface area contributed by atoms with Crippen LogP contribution in [0.25, 0.3) is 0 Å². The second-order valence-electron chi connectivity index (χ2n) is 7.89. The number of anilines is 1. The van der Waals surface area contributed by atoms with Gasteiger partial charge in [-0.1, -0.05) is 62.4 Å². The van der Waals surface area contributed by atoms with Gasteiger partial charge in [-0.25, -0.2) is 0 Å². The molecule has 1 atom stereocenters. The molecule has 1 heterocycles. The second kappa shape index (κ2) is 11.4. The Bertz CT molecular complexity index is 984. The summed E-state index contributed by atoms with van der Waals surface area (Å²) in [6, 6.07) is 23.7. The van der Waals surface area contributed by atoms with Crippen molar-refractivity contribution >= 4 is 5.69 Å². The van der Waals surface area contributed by atoms with E-state index in [1.165, 1.54) is 10.3 Å². The van der Waals surface area contributed by atoms with Gasteiger partial charge < -0.3 is 10.6 Å². The predicted octanol–water partition coefficient (Wildman–Crippen LogP) is 4.29. The Labute approximate surface area is 185 Å². The van der Waals surface area contributed by atoms with Crippen molar-refractivity contribution in [3.05, 3.63) is 100.0 Å². The lowest BCUT2D eigenvalue weighted by Crippen LogP contribution is -2.39. The van der Waals surface area contributed by atoms with Crippen molar-refractivity contribution in [2.24, 2.45) is 0 Å². The van der Waals surface area contributed by atoms with Gasteiger partial charge in [0.2, 0.25) is 0 Å². The fourth-order valence-electron chi connectivity index (χ4n) is 3.84. The lowest BCUT2D eigenvalue weighted by atomic mass is 10.0. The largest absolute Gasteiger partial charge is 0.406 e. The first-order valence-corrected chi connectivity index (χ1v) is 11.1. The molecule has 1 unspecified atom stereocenters. The molecule has 2 N–H and O–H groups in total. The zero-order valence-electron chi connectivity index (χ0n) is 18.5. The van der Waals surface area contributed by atoms with E-state index < -0.39 is 0 Å². The molecule has 0 amide bonds. The van der Waals surface area contributed by atoms with Gasteiger partial charge in [0.25, 0.3) is 5.56 Å². The summed E-state index contributed by atoms with van der Waals surface area (Å²) >= 11 is 0. The number of aromatic nitrogens is 1. The summed E-state index contributed by atoms with van der Waals surface area (Å²) in [4.78, 5) is 21.0. The maximum Gasteiger partial charge on any atom is 0.283 e. The van der Waals surface area contributed by atoms with E-state index in [-0.39, 0.29) is 5.56 Å². The number of benzene rings is 2. The highest BCUT2D eigenvalue weighted by Gasteiger charge is 2.19. The summed E-state index contributed by atoms with van der Waals surface area (Å²) in [5.41, 5.74) is 9.66. The smallest absolute Gasteiger partial charge is 0.283 e. The van der Waals surface area contributed by atoms with Crippen molar-refractivity contribution in [1.29, 1.82) is 0 Å². The van der Waals surface area contributed by atoms with Crippen LogP contribution in [0.3, 0.4) is 0 Å². The van der Waals surface area contributed by atoms with Crippen LogP contribution in [0.2, 0.25) is 0 Å². The van der Waals surface area contributed by atoms with Gasteiger partial charge in [-0.2, -0.15) is 0 Å². The van der Waals surface area contributed by atoms with Crippen molar-refractivity contribution in [1.82, 2.24) is 9.63 Å². The van der Waals surface area contributed by atoms with E-state index in [0.29, 0.717) is 19.2 Å². The van der Waals surface area contributed by atoms with Crippen molar-refractivity contribution in [3.8, 4) is 0 Å². The molecule has 1 aromatic heterocycles. The molecule has 0 aliphatic heterocycles. The molecular formula is C26H33N3O2. The van der Waals surface area contributed by atoms with Crippen LogP contribution in [0.1, 0.15) is 43.5 Å². The van der Waals surface area contributed by atoms with Crippen molar-refractivity contribution in [2.75, 3.05) is 12.3 Å². The Balaban J connectivity index is 1.78. The summed E-state index contributed by atoms with van der Waals surface area (Å²) in [6.07, 6.45) is 3.01. The molecule has 164 valence electrons. The molecule has 0 radical (unpaired) electrons. The predicted molar refractivity (Wildman–Crippen MR) is 127 cm³/mol. The molecular weight excluding hydrogens is 386 g/mol. The van der Waals surface area contributed by atoms with Crippen LogP contribution < -0.4 is 16.1 Å². The third kappa shape index (κ3) is 6.46. The zero-order valence-corrected chi connectivity index (χ0v) is 18.5. The van der Waals surface area contributed by atoms with E-state index in [2.05, 4.69) is 30.9 Å².